The molecule has 0 aliphatic heterocycles. The van der Waals surface area contributed by atoms with Crippen molar-refractivity contribution >= 4 is 17.3 Å². The number of rotatable bonds is 2. The molecule has 2 rings (SSSR count). The van der Waals surface area contributed by atoms with E-state index in [1.807, 2.05) is 0 Å². The van der Waals surface area contributed by atoms with Crippen LogP contribution in [0, 0.1) is 17.5 Å². The monoisotopic (exact) mass is 267 g/mol. The third-order valence-electron chi connectivity index (χ3n) is 2.34. The maximum absolute atomic E-state index is 13.4. The quantitative estimate of drug-likeness (QED) is 0.820. The predicted octanol–water partition coefficient (Wildman–Crippen LogP) is 2.33. The fourth-order valence-corrected chi connectivity index (χ4v) is 1.41. The molecule has 3 N–H and O–H groups in total. The molecule has 0 unspecified atom stereocenters. The van der Waals surface area contributed by atoms with E-state index in [9.17, 15) is 18.0 Å². The number of hydrogen-bond acceptors (Lipinski definition) is 3. The second kappa shape index (κ2) is 4.97. The summed E-state index contributed by atoms with van der Waals surface area (Å²) in [6.07, 6.45) is 1.33. The minimum absolute atomic E-state index is 0.0861. The van der Waals surface area contributed by atoms with Gasteiger partial charge in [-0.2, -0.15) is 0 Å². The Balaban J connectivity index is 2.30. The van der Waals surface area contributed by atoms with Crippen LogP contribution >= 0.6 is 0 Å². The van der Waals surface area contributed by atoms with Gasteiger partial charge < -0.3 is 11.1 Å². The molecule has 4 nitrogen and oxygen atoms in total. The molecule has 0 saturated carbocycles. The molecule has 0 aliphatic carbocycles. The van der Waals surface area contributed by atoms with E-state index in [1.54, 1.807) is 0 Å². The van der Waals surface area contributed by atoms with Crippen LogP contribution < -0.4 is 11.1 Å². The third kappa shape index (κ3) is 2.49. The fourth-order valence-electron chi connectivity index (χ4n) is 1.41. The van der Waals surface area contributed by atoms with Crippen molar-refractivity contribution in [2.75, 3.05) is 11.1 Å². The number of pyridine rings is 1. The predicted molar refractivity (Wildman–Crippen MR) is 62.9 cm³/mol. The molecular formula is C12H8F3N3O. The summed E-state index contributed by atoms with van der Waals surface area (Å²) in [6.45, 7) is 0. The second-order valence-electron chi connectivity index (χ2n) is 3.62. The van der Waals surface area contributed by atoms with Gasteiger partial charge in [-0.1, -0.05) is 0 Å². The summed E-state index contributed by atoms with van der Waals surface area (Å²) < 4.78 is 39.1. The second-order valence-corrected chi connectivity index (χ2v) is 3.62. The molecule has 0 fully saturated rings. The zero-order valence-corrected chi connectivity index (χ0v) is 9.45. The lowest BCUT2D eigenvalue weighted by Gasteiger charge is -2.08. The van der Waals surface area contributed by atoms with Crippen molar-refractivity contribution in [1.29, 1.82) is 0 Å². The van der Waals surface area contributed by atoms with Crippen molar-refractivity contribution in [3.63, 3.8) is 0 Å². The Morgan fingerprint density at radius 2 is 1.89 bits per heavy atom. The number of benzene rings is 1. The van der Waals surface area contributed by atoms with E-state index in [1.165, 1.54) is 18.3 Å². The van der Waals surface area contributed by atoms with Crippen molar-refractivity contribution in [3.05, 3.63) is 53.6 Å². The molecule has 1 aromatic carbocycles. The van der Waals surface area contributed by atoms with Gasteiger partial charge in [0, 0.05) is 6.20 Å². The summed E-state index contributed by atoms with van der Waals surface area (Å²) in [5, 5.41) is 2.07. The maximum Gasteiger partial charge on any atom is 0.276 e. The highest BCUT2D eigenvalue weighted by Gasteiger charge is 2.17. The van der Waals surface area contributed by atoms with Crippen LogP contribution in [0.2, 0.25) is 0 Å². The lowest BCUT2D eigenvalue weighted by molar-refractivity contribution is 0.102. The lowest BCUT2D eigenvalue weighted by Crippen LogP contribution is -2.17. The Kier molecular flexibility index (Phi) is 3.37. The van der Waals surface area contributed by atoms with Crippen molar-refractivity contribution in [3.8, 4) is 0 Å². The number of anilines is 2. The van der Waals surface area contributed by atoms with Crippen LogP contribution in [0.5, 0.6) is 0 Å². The highest BCUT2D eigenvalue weighted by atomic mass is 19.2. The first-order valence-electron chi connectivity index (χ1n) is 5.16. The molecule has 19 heavy (non-hydrogen) atoms. The molecule has 0 aliphatic rings. The molecular weight excluding hydrogens is 259 g/mol. The molecule has 1 aromatic heterocycles. The molecule has 1 heterocycles. The number of halogens is 3. The number of nitrogens with one attached hydrogen (secondary N) is 1. The van der Waals surface area contributed by atoms with Gasteiger partial charge in [0.2, 0.25) is 0 Å². The standard InChI is InChI=1S/C12H8F3N3O/c13-6-3-4-8(10(15)9(6)14)18-12(19)11-7(16)2-1-5-17-11/h1-5H,16H2,(H,18,19). The Labute approximate surface area is 106 Å². The van der Waals surface area contributed by atoms with Crippen LogP contribution in [0.15, 0.2) is 30.5 Å². The van der Waals surface area contributed by atoms with Crippen LogP contribution in [0.25, 0.3) is 0 Å². The van der Waals surface area contributed by atoms with E-state index < -0.39 is 29.0 Å². The van der Waals surface area contributed by atoms with Gasteiger partial charge in [-0.25, -0.2) is 18.2 Å². The van der Waals surface area contributed by atoms with E-state index in [4.69, 9.17) is 5.73 Å². The number of nitrogen functional groups attached to an aromatic ring is 1. The SMILES string of the molecule is Nc1cccnc1C(=O)Nc1ccc(F)c(F)c1F. The summed E-state index contributed by atoms with van der Waals surface area (Å²) in [4.78, 5) is 15.5. The van der Waals surface area contributed by atoms with Gasteiger partial charge in [0.25, 0.3) is 5.91 Å². The van der Waals surface area contributed by atoms with Crippen molar-refractivity contribution in [2.24, 2.45) is 0 Å². The highest BCUT2D eigenvalue weighted by Crippen LogP contribution is 2.20. The summed E-state index contributed by atoms with van der Waals surface area (Å²) in [6, 6.07) is 4.56. The summed E-state index contributed by atoms with van der Waals surface area (Å²) in [7, 11) is 0. The van der Waals surface area contributed by atoms with Crippen LogP contribution in [0.3, 0.4) is 0 Å². The number of aromatic nitrogens is 1. The van der Waals surface area contributed by atoms with Crippen LogP contribution in [0.4, 0.5) is 24.5 Å². The first kappa shape index (κ1) is 12.9. The Morgan fingerprint density at radius 3 is 2.58 bits per heavy atom. The lowest BCUT2D eigenvalue weighted by atomic mass is 10.2. The van der Waals surface area contributed by atoms with Gasteiger partial charge >= 0.3 is 0 Å². The molecule has 0 atom stereocenters. The number of carbonyl (C=O) groups excluding carboxylic acids is 1. The Morgan fingerprint density at radius 1 is 1.16 bits per heavy atom. The topological polar surface area (TPSA) is 68.0 Å². The van der Waals surface area contributed by atoms with Gasteiger partial charge in [0.15, 0.2) is 23.1 Å². The first-order chi connectivity index (χ1) is 9.00. The molecule has 1 amide bonds. The van der Waals surface area contributed by atoms with Crippen LogP contribution in [-0.4, -0.2) is 10.9 Å². The van der Waals surface area contributed by atoms with E-state index in [0.29, 0.717) is 6.07 Å². The van der Waals surface area contributed by atoms with Gasteiger partial charge in [-0.05, 0) is 24.3 Å². The molecule has 0 bridgehead atoms. The van der Waals surface area contributed by atoms with Crippen molar-refractivity contribution in [2.45, 2.75) is 0 Å². The Hall–Kier alpha value is -2.57. The number of nitrogens with zero attached hydrogens (tertiary/aromatic N) is 1. The molecule has 0 saturated heterocycles. The average molecular weight is 267 g/mol. The fraction of sp³-hybridized carbons (Fsp3) is 0. The van der Waals surface area contributed by atoms with E-state index in [-0.39, 0.29) is 11.4 Å². The molecule has 98 valence electrons. The maximum atomic E-state index is 13.4. The molecule has 0 radical (unpaired) electrons. The summed E-state index contributed by atoms with van der Waals surface area (Å²) in [5.41, 5.74) is 4.98. The van der Waals surface area contributed by atoms with Gasteiger partial charge in [-0.15, -0.1) is 0 Å². The summed E-state index contributed by atoms with van der Waals surface area (Å²) in [5.74, 6) is -5.30. The molecule has 2 aromatic rings. The van der Waals surface area contributed by atoms with E-state index >= 15 is 0 Å². The van der Waals surface area contributed by atoms with Crippen LogP contribution in [0.1, 0.15) is 10.5 Å². The molecule has 0 spiro atoms. The smallest absolute Gasteiger partial charge is 0.276 e. The zero-order chi connectivity index (χ0) is 14.0. The number of carbonyl (C=O) groups is 1. The molecule has 7 heteroatoms. The normalized spacial score (nSPS) is 10.3. The van der Waals surface area contributed by atoms with Gasteiger partial charge in [-0.3, -0.25) is 4.79 Å². The van der Waals surface area contributed by atoms with Crippen LogP contribution in [-0.2, 0) is 0 Å². The number of nitrogens with two attached hydrogens (primary N) is 1. The first-order valence-corrected chi connectivity index (χ1v) is 5.16. The number of amides is 1. The summed E-state index contributed by atoms with van der Waals surface area (Å²) >= 11 is 0. The average Bonchev–Trinajstić information content (AvgIpc) is 2.40. The minimum Gasteiger partial charge on any atom is -0.397 e. The zero-order valence-electron chi connectivity index (χ0n) is 9.45. The van der Waals surface area contributed by atoms with Crippen molar-refractivity contribution < 1.29 is 18.0 Å². The third-order valence-corrected chi connectivity index (χ3v) is 2.34. The largest absolute Gasteiger partial charge is 0.397 e. The van der Waals surface area contributed by atoms with E-state index in [0.717, 1.165) is 6.07 Å². The minimum atomic E-state index is -1.66. The van der Waals surface area contributed by atoms with Gasteiger partial charge in [0.1, 0.15) is 0 Å². The Bertz CT molecular complexity index is 646. The highest BCUT2D eigenvalue weighted by molar-refractivity contribution is 6.06. The van der Waals surface area contributed by atoms with Gasteiger partial charge in [0.05, 0.1) is 11.4 Å². The number of hydrogen-bond donors (Lipinski definition) is 2. The van der Waals surface area contributed by atoms with E-state index in [2.05, 4.69) is 10.3 Å². The van der Waals surface area contributed by atoms with Crippen molar-refractivity contribution in [1.82, 2.24) is 4.98 Å².